The number of likely N-dealkylation sites (tertiary alicyclic amines) is 1. The van der Waals surface area contributed by atoms with Crippen LogP contribution >= 0.6 is 0 Å². The van der Waals surface area contributed by atoms with Gasteiger partial charge in [-0.1, -0.05) is 36.8 Å². The Labute approximate surface area is 97.5 Å². The monoisotopic (exact) mass is 214 g/mol. The average Bonchev–Trinajstić information content (AvgIpc) is 2.33. The van der Waals surface area contributed by atoms with Crippen LogP contribution in [0.15, 0.2) is 30.3 Å². The molecule has 2 heteroatoms. The molecule has 0 unspecified atom stereocenters. The molecule has 2 nitrogen and oxygen atoms in total. The van der Waals surface area contributed by atoms with E-state index >= 15 is 0 Å². The van der Waals surface area contributed by atoms with E-state index in [0.29, 0.717) is 12.5 Å². The normalized spacial score (nSPS) is 21.6. The molecule has 1 fully saturated rings. The number of benzene rings is 1. The molecule has 1 aliphatic rings. The van der Waals surface area contributed by atoms with Crippen LogP contribution in [0.4, 0.5) is 0 Å². The summed E-state index contributed by atoms with van der Waals surface area (Å²) in [7, 11) is 0. The molecule has 0 bridgehead atoms. The van der Waals surface area contributed by atoms with Gasteiger partial charge in [0.05, 0.1) is 12.5 Å². The molecule has 16 heavy (non-hydrogen) atoms. The van der Waals surface area contributed by atoms with Crippen LogP contribution in [0.2, 0.25) is 0 Å². The smallest absolute Gasteiger partial charge is 0.0638 e. The summed E-state index contributed by atoms with van der Waals surface area (Å²) in [5.41, 5.74) is 1.35. The second-order valence-electron chi connectivity index (χ2n) is 4.47. The molecule has 1 heterocycles. The van der Waals surface area contributed by atoms with Gasteiger partial charge in [0, 0.05) is 12.6 Å². The summed E-state index contributed by atoms with van der Waals surface area (Å²) in [6, 6.07) is 13.3. The van der Waals surface area contributed by atoms with Crippen molar-refractivity contribution in [2.45, 2.75) is 38.3 Å². The second-order valence-corrected chi connectivity index (χ2v) is 4.47. The zero-order valence-electron chi connectivity index (χ0n) is 9.60. The van der Waals surface area contributed by atoms with Crippen LogP contribution in [0.25, 0.3) is 0 Å². The maximum atomic E-state index is 8.83. The minimum absolute atomic E-state index is 0.471. The number of hydrogen-bond acceptors (Lipinski definition) is 2. The molecule has 0 amide bonds. The van der Waals surface area contributed by atoms with Gasteiger partial charge < -0.3 is 0 Å². The number of rotatable bonds is 3. The fraction of sp³-hybridized carbons (Fsp3) is 0.500. The molecule has 0 N–H and O–H groups in total. The van der Waals surface area contributed by atoms with Gasteiger partial charge in [0.1, 0.15) is 0 Å². The zero-order valence-corrected chi connectivity index (χ0v) is 9.60. The van der Waals surface area contributed by atoms with Crippen LogP contribution in [-0.4, -0.2) is 17.5 Å². The molecule has 1 aliphatic heterocycles. The maximum Gasteiger partial charge on any atom is 0.0638 e. The van der Waals surface area contributed by atoms with Crippen LogP contribution in [-0.2, 0) is 6.54 Å². The summed E-state index contributed by atoms with van der Waals surface area (Å²) in [4.78, 5) is 2.46. The van der Waals surface area contributed by atoms with Gasteiger partial charge in [0.15, 0.2) is 0 Å². The predicted octanol–water partition coefficient (Wildman–Crippen LogP) is 2.95. The summed E-state index contributed by atoms with van der Waals surface area (Å²) in [6.07, 6.45) is 4.40. The fourth-order valence-corrected chi connectivity index (χ4v) is 2.42. The molecule has 0 aliphatic carbocycles. The summed E-state index contributed by atoms with van der Waals surface area (Å²) in [5.74, 6) is 0. The lowest BCUT2D eigenvalue weighted by atomic mass is 9.99. The van der Waals surface area contributed by atoms with Gasteiger partial charge in [0.25, 0.3) is 0 Å². The molecule has 1 aromatic carbocycles. The number of piperidine rings is 1. The number of hydrogen-bond donors (Lipinski definition) is 0. The molecule has 1 aromatic rings. The topological polar surface area (TPSA) is 27.0 Å². The number of nitriles is 1. The average molecular weight is 214 g/mol. The molecule has 1 atom stereocenters. The van der Waals surface area contributed by atoms with Gasteiger partial charge in [-0.2, -0.15) is 5.26 Å². The fourth-order valence-electron chi connectivity index (χ4n) is 2.42. The highest BCUT2D eigenvalue weighted by Crippen LogP contribution is 2.21. The van der Waals surface area contributed by atoms with Crippen molar-refractivity contribution in [3.8, 4) is 6.07 Å². The van der Waals surface area contributed by atoms with Crippen LogP contribution in [0.1, 0.15) is 31.2 Å². The van der Waals surface area contributed by atoms with Gasteiger partial charge in [0.2, 0.25) is 0 Å². The summed E-state index contributed by atoms with van der Waals surface area (Å²) in [6.45, 7) is 2.13. The van der Waals surface area contributed by atoms with E-state index in [4.69, 9.17) is 5.26 Å². The molecule has 2 rings (SSSR count). The van der Waals surface area contributed by atoms with E-state index in [1.807, 2.05) is 6.07 Å². The van der Waals surface area contributed by atoms with E-state index < -0.39 is 0 Å². The molecule has 1 saturated heterocycles. The van der Waals surface area contributed by atoms with Gasteiger partial charge in [-0.15, -0.1) is 0 Å². The number of nitrogens with zero attached hydrogens (tertiary/aromatic N) is 2. The quantitative estimate of drug-likeness (QED) is 0.773. The Morgan fingerprint density at radius 2 is 2.06 bits per heavy atom. The van der Waals surface area contributed by atoms with Gasteiger partial charge >= 0.3 is 0 Å². The highest BCUT2D eigenvalue weighted by Gasteiger charge is 2.21. The standard InChI is InChI=1S/C14H18N2/c15-10-9-14-8-4-5-11-16(14)12-13-6-2-1-3-7-13/h1-3,6-7,14H,4-5,8-9,11-12H2/t14-/m1/s1. The van der Waals surface area contributed by atoms with Crippen molar-refractivity contribution >= 4 is 0 Å². The van der Waals surface area contributed by atoms with Gasteiger partial charge in [-0.25, -0.2) is 0 Å². The first kappa shape index (κ1) is 11.2. The first-order chi connectivity index (χ1) is 7.90. The largest absolute Gasteiger partial charge is 0.295 e. The lowest BCUT2D eigenvalue weighted by Crippen LogP contribution is -2.38. The third kappa shape index (κ3) is 2.84. The van der Waals surface area contributed by atoms with E-state index in [1.165, 1.54) is 24.8 Å². The predicted molar refractivity (Wildman–Crippen MR) is 64.7 cm³/mol. The third-order valence-corrected chi connectivity index (χ3v) is 3.30. The Morgan fingerprint density at radius 3 is 2.81 bits per heavy atom. The Bertz CT molecular complexity index is 353. The van der Waals surface area contributed by atoms with Crippen LogP contribution in [0.5, 0.6) is 0 Å². The van der Waals surface area contributed by atoms with Gasteiger partial charge in [-0.3, -0.25) is 4.90 Å². The molecule has 0 saturated carbocycles. The Hall–Kier alpha value is -1.33. The second kappa shape index (κ2) is 5.67. The van der Waals surface area contributed by atoms with Crippen molar-refractivity contribution in [1.29, 1.82) is 5.26 Å². The minimum Gasteiger partial charge on any atom is -0.295 e. The molecule has 0 aromatic heterocycles. The van der Waals surface area contributed by atoms with E-state index in [0.717, 1.165) is 13.1 Å². The van der Waals surface area contributed by atoms with Crippen LogP contribution in [0.3, 0.4) is 0 Å². The Balaban J connectivity index is 1.99. The van der Waals surface area contributed by atoms with Crippen molar-refractivity contribution in [3.63, 3.8) is 0 Å². The summed E-state index contributed by atoms with van der Waals surface area (Å²) < 4.78 is 0. The van der Waals surface area contributed by atoms with Crippen LogP contribution in [0, 0.1) is 11.3 Å². The third-order valence-electron chi connectivity index (χ3n) is 3.30. The van der Waals surface area contributed by atoms with E-state index in [9.17, 15) is 0 Å². The van der Waals surface area contributed by atoms with Crippen LogP contribution < -0.4 is 0 Å². The first-order valence-electron chi connectivity index (χ1n) is 6.05. The molecule has 0 spiro atoms. The lowest BCUT2D eigenvalue weighted by molar-refractivity contribution is 0.142. The highest BCUT2D eigenvalue weighted by atomic mass is 15.2. The van der Waals surface area contributed by atoms with Crippen molar-refractivity contribution in [1.82, 2.24) is 4.90 Å². The molecule has 84 valence electrons. The van der Waals surface area contributed by atoms with Crippen molar-refractivity contribution in [2.24, 2.45) is 0 Å². The maximum absolute atomic E-state index is 8.83. The van der Waals surface area contributed by atoms with Crippen molar-refractivity contribution < 1.29 is 0 Å². The van der Waals surface area contributed by atoms with Crippen molar-refractivity contribution in [2.75, 3.05) is 6.54 Å². The van der Waals surface area contributed by atoms with Crippen molar-refractivity contribution in [3.05, 3.63) is 35.9 Å². The van der Waals surface area contributed by atoms with Gasteiger partial charge in [-0.05, 0) is 24.9 Å². The van der Waals surface area contributed by atoms with E-state index in [-0.39, 0.29) is 0 Å². The summed E-state index contributed by atoms with van der Waals surface area (Å²) >= 11 is 0. The van der Waals surface area contributed by atoms with E-state index in [1.54, 1.807) is 0 Å². The molecule has 0 radical (unpaired) electrons. The Morgan fingerprint density at radius 1 is 1.25 bits per heavy atom. The zero-order chi connectivity index (χ0) is 11.2. The SMILES string of the molecule is N#CC[C@H]1CCCCN1Cc1ccccc1. The minimum atomic E-state index is 0.471. The molecular weight excluding hydrogens is 196 g/mol. The Kier molecular flexibility index (Phi) is 3.96. The first-order valence-corrected chi connectivity index (χ1v) is 6.05. The lowest BCUT2D eigenvalue weighted by Gasteiger charge is -2.34. The van der Waals surface area contributed by atoms with E-state index in [2.05, 4.69) is 35.2 Å². The highest BCUT2D eigenvalue weighted by molar-refractivity contribution is 5.14. The molecular formula is C14H18N2. The summed E-state index contributed by atoms with van der Waals surface area (Å²) in [5, 5.41) is 8.83.